The molecular formula is C17H27N3O. The highest BCUT2D eigenvalue weighted by Crippen LogP contribution is 2.59. The topological polar surface area (TPSA) is 51.0 Å². The molecule has 21 heavy (non-hydrogen) atoms. The summed E-state index contributed by atoms with van der Waals surface area (Å²) in [6, 6.07) is 0.216. The predicted molar refractivity (Wildman–Crippen MR) is 80.8 cm³/mol. The average molecular weight is 289 g/mol. The summed E-state index contributed by atoms with van der Waals surface area (Å²) in [6.07, 6.45) is 8.10. The first-order valence-corrected chi connectivity index (χ1v) is 8.85. The Morgan fingerprint density at radius 2 is 1.71 bits per heavy atom. The fourth-order valence-electron chi connectivity index (χ4n) is 5.50. The van der Waals surface area contributed by atoms with Crippen molar-refractivity contribution in [3.05, 3.63) is 11.8 Å². The van der Waals surface area contributed by atoms with Gasteiger partial charge in [-0.3, -0.25) is 0 Å². The second-order valence-electron chi connectivity index (χ2n) is 7.45. The lowest BCUT2D eigenvalue weighted by atomic mass is 9.52. The SMILES string of the molecule is CCNC(CC)c1nnc(C2C3CC4CC(C3)CC2C4)o1. The lowest BCUT2D eigenvalue weighted by Crippen LogP contribution is -2.43. The van der Waals surface area contributed by atoms with Crippen molar-refractivity contribution in [1.82, 2.24) is 15.5 Å². The van der Waals surface area contributed by atoms with E-state index in [0.29, 0.717) is 5.92 Å². The van der Waals surface area contributed by atoms with Gasteiger partial charge in [0.25, 0.3) is 0 Å². The number of hydrogen-bond donors (Lipinski definition) is 1. The Labute approximate surface area is 127 Å². The van der Waals surface area contributed by atoms with Crippen molar-refractivity contribution in [2.24, 2.45) is 23.7 Å². The van der Waals surface area contributed by atoms with Crippen molar-refractivity contribution in [2.75, 3.05) is 6.54 Å². The molecule has 4 nitrogen and oxygen atoms in total. The number of nitrogens with zero attached hydrogens (tertiary/aromatic N) is 2. The highest BCUT2D eigenvalue weighted by atomic mass is 16.4. The van der Waals surface area contributed by atoms with Gasteiger partial charge in [0.2, 0.25) is 11.8 Å². The number of rotatable bonds is 5. The van der Waals surface area contributed by atoms with Gasteiger partial charge in [-0.2, -0.15) is 0 Å². The molecule has 0 radical (unpaired) electrons. The van der Waals surface area contributed by atoms with E-state index in [1.165, 1.54) is 32.1 Å². The minimum absolute atomic E-state index is 0.216. The van der Waals surface area contributed by atoms with Gasteiger partial charge in [-0.05, 0) is 68.7 Å². The molecule has 4 aliphatic rings. The van der Waals surface area contributed by atoms with Crippen molar-refractivity contribution in [3.8, 4) is 0 Å². The van der Waals surface area contributed by atoms with Crippen LogP contribution >= 0.6 is 0 Å². The van der Waals surface area contributed by atoms with E-state index in [9.17, 15) is 0 Å². The third-order valence-corrected chi connectivity index (χ3v) is 6.13. The molecule has 0 saturated heterocycles. The first kappa shape index (κ1) is 13.7. The molecule has 0 spiro atoms. The zero-order chi connectivity index (χ0) is 14.4. The van der Waals surface area contributed by atoms with Gasteiger partial charge in [0, 0.05) is 5.92 Å². The maximum absolute atomic E-state index is 6.13. The summed E-state index contributed by atoms with van der Waals surface area (Å²) in [5.41, 5.74) is 0. The van der Waals surface area contributed by atoms with Crippen LogP contribution in [0.15, 0.2) is 4.42 Å². The molecule has 116 valence electrons. The second-order valence-corrected chi connectivity index (χ2v) is 7.45. The first-order chi connectivity index (χ1) is 10.3. The lowest BCUT2D eigenvalue weighted by molar-refractivity contribution is -0.0119. The standard InChI is InChI=1S/C17H27N3O/c1-3-14(18-4-2)16-19-20-17(21-16)15-12-6-10-5-11(8-12)9-13(15)7-10/h10-15,18H,3-9H2,1-2H3. The Bertz CT molecular complexity index is 470. The molecule has 1 atom stereocenters. The first-order valence-electron chi connectivity index (χ1n) is 8.85. The van der Waals surface area contributed by atoms with Gasteiger partial charge in [-0.1, -0.05) is 13.8 Å². The third-order valence-electron chi connectivity index (χ3n) is 6.13. The fraction of sp³-hybridized carbons (Fsp3) is 0.882. The number of nitrogens with one attached hydrogen (secondary N) is 1. The molecule has 1 aromatic rings. The summed E-state index contributed by atoms with van der Waals surface area (Å²) < 4.78 is 6.13. The maximum Gasteiger partial charge on any atom is 0.233 e. The molecule has 1 heterocycles. The van der Waals surface area contributed by atoms with Crippen LogP contribution in [-0.2, 0) is 0 Å². The lowest BCUT2D eigenvalue weighted by Gasteiger charge is -2.53. The smallest absolute Gasteiger partial charge is 0.233 e. The van der Waals surface area contributed by atoms with Crippen LogP contribution in [0.3, 0.4) is 0 Å². The summed E-state index contributed by atoms with van der Waals surface area (Å²) >= 11 is 0. The van der Waals surface area contributed by atoms with Crippen LogP contribution < -0.4 is 5.32 Å². The molecule has 1 N–H and O–H groups in total. The van der Waals surface area contributed by atoms with E-state index in [1.807, 2.05) is 0 Å². The van der Waals surface area contributed by atoms with Crippen molar-refractivity contribution >= 4 is 0 Å². The van der Waals surface area contributed by atoms with Crippen LogP contribution in [0, 0.1) is 23.7 Å². The monoisotopic (exact) mass is 289 g/mol. The molecule has 4 saturated carbocycles. The molecule has 0 amide bonds. The minimum Gasteiger partial charge on any atom is -0.423 e. The molecule has 5 rings (SSSR count). The zero-order valence-corrected chi connectivity index (χ0v) is 13.2. The van der Waals surface area contributed by atoms with Gasteiger partial charge >= 0.3 is 0 Å². The van der Waals surface area contributed by atoms with Crippen molar-refractivity contribution in [2.45, 2.75) is 64.3 Å². The molecule has 4 fully saturated rings. The predicted octanol–water partition coefficient (Wildman–Crippen LogP) is 3.67. The van der Waals surface area contributed by atoms with Gasteiger partial charge in [-0.15, -0.1) is 10.2 Å². The highest BCUT2D eigenvalue weighted by molar-refractivity contribution is 5.09. The second kappa shape index (κ2) is 5.38. The molecule has 1 unspecified atom stereocenters. The third kappa shape index (κ3) is 2.32. The number of aromatic nitrogens is 2. The Morgan fingerprint density at radius 1 is 1.05 bits per heavy atom. The number of hydrogen-bond acceptors (Lipinski definition) is 4. The van der Waals surface area contributed by atoms with Gasteiger partial charge in [0.15, 0.2) is 0 Å². The van der Waals surface area contributed by atoms with Crippen LogP contribution in [-0.4, -0.2) is 16.7 Å². The Balaban J connectivity index is 1.55. The summed E-state index contributed by atoms with van der Waals surface area (Å²) in [5.74, 6) is 5.91. The molecule has 1 aromatic heterocycles. The average Bonchev–Trinajstić information content (AvgIpc) is 2.93. The molecular weight excluding hydrogens is 262 g/mol. The van der Waals surface area contributed by atoms with E-state index in [2.05, 4.69) is 29.4 Å². The summed E-state index contributed by atoms with van der Waals surface area (Å²) in [6.45, 7) is 5.23. The van der Waals surface area contributed by atoms with Crippen LogP contribution in [0.2, 0.25) is 0 Å². The largest absolute Gasteiger partial charge is 0.423 e. The van der Waals surface area contributed by atoms with E-state index in [-0.39, 0.29) is 6.04 Å². The quantitative estimate of drug-likeness (QED) is 0.898. The van der Waals surface area contributed by atoms with Gasteiger partial charge in [-0.25, -0.2) is 0 Å². The molecule has 4 aliphatic carbocycles. The fourth-order valence-corrected chi connectivity index (χ4v) is 5.50. The van der Waals surface area contributed by atoms with Crippen molar-refractivity contribution < 1.29 is 4.42 Å². The Hall–Kier alpha value is -0.900. The Kier molecular flexibility index (Phi) is 3.52. The summed E-state index contributed by atoms with van der Waals surface area (Å²) in [4.78, 5) is 0. The molecule has 4 heteroatoms. The normalized spacial score (nSPS) is 38.9. The van der Waals surface area contributed by atoms with Crippen molar-refractivity contribution in [3.63, 3.8) is 0 Å². The van der Waals surface area contributed by atoms with Gasteiger partial charge in [0.1, 0.15) is 0 Å². The molecule has 0 aromatic carbocycles. The Morgan fingerprint density at radius 3 is 2.29 bits per heavy atom. The maximum atomic E-state index is 6.13. The van der Waals surface area contributed by atoms with Crippen LogP contribution in [0.1, 0.15) is 76.1 Å². The van der Waals surface area contributed by atoms with E-state index in [0.717, 1.165) is 48.4 Å². The van der Waals surface area contributed by atoms with Gasteiger partial charge in [0.05, 0.1) is 6.04 Å². The van der Waals surface area contributed by atoms with Crippen LogP contribution in [0.25, 0.3) is 0 Å². The van der Waals surface area contributed by atoms with Crippen molar-refractivity contribution in [1.29, 1.82) is 0 Å². The van der Waals surface area contributed by atoms with E-state index in [1.54, 1.807) is 0 Å². The van der Waals surface area contributed by atoms with Crippen LogP contribution in [0.4, 0.5) is 0 Å². The van der Waals surface area contributed by atoms with E-state index in [4.69, 9.17) is 4.42 Å². The molecule has 0 aliphatic heterocycles. The highest BCUT2D eigenvalue weighted by Gasteiger charge is 2.50. The summed E-state index contributed by atoms with van der Waals surface area (Å²) in [7, 11) is 0. The van der Waals surface area contributed by atoms with E-state index >= 15 is 0 Å². The zero-order valence-electron chi connectivity index (χ0n) is 13.2. The van der Waals surface area contributed by atoms with Crippen LogP contribution in [0.5, 0.6) is 0 Å². The minimum atomic E-state index is 0.216. The van der Waals surface area contributed by atoms with E-state index < -0.39 is 0 Å². The molecule has 4 bridgehead atoms. The van der Waals surface area contributed by atoms with Gasteiger partial charge < -0.3 is 9.73 Å². The summed E-state index contributed by atoms with van der Waals surface area (Å²) in [5, 5.41) is 12.2.